The fourth-order valence-corrected chi connectivity index (χ4v) is 2.81. The van der Waals surface area contributed by atoms with Gasteiger partial charge in [-0.25, -0.2) is 4.98 Å². The largest absolute Gasteiger partial charge is 0.491 e. The molecule has 3 N–H and O–H groups in total. The van der Waals surface area contributed by atoms with Gasteiger partial charge in [-0.15, -0.1) is 0 Å². The Labute approximate surface area is 164 Å². The van der Waals surface area contributed by atoms with Crippen LogP contribution in [0.5, 0.6) is 17.4 Å². The lowest BCUT2D eigenvalue weighted by atomic mass is 10.1. The zero-order valence-corrected chi connectivity index (χ0v) is 16.3. The molecule has 1 amide bonds. The maximum Gasteiger partial charge on any atom is 0.234 e. The van der Waals surface area contributed by atoms with E-state index in [-0.39, 0.29) is 24.6 Å². The van der Waals surface area contributed by atoms with Crippen molar-refractivity contribution in [2.24, 2.45) is 5.73 Å². The topological polar surface area (TPSA) is 86.5 Å². The Kier molecular flexibility index (Phi) is 6.11. The van der Waals surface area contributed by atoms with E-state index >= 15 is 0 Å². The highest BCUT2D eigenvalue weighted by Gasteiger charge is 2.10. The number of nitrogens with one attached hydrogen (secondary N) is 1. The number of aromatic nitrogens is 1. The van der Waals surface area contributed by atoms with Gasteiger partial charge in [-0.1, -0.05) is 6.07 Å². The second-order valence-electron chi connectivity index (χ2n) is 6.84. The van der Waals surface area contributed by atoms with Crippen molar-refractivity contribution in [1.82, 2.24) is 10.3 Å². The molecule has 3 rings (SSSR count). The first-order valence-electron chi connectivity index (χ1n) is 9.29. The van der Waals surface area contributed by atoms with Crippen LogP contribution in [-0.2, 0) is 4.79 Å². The average Bonchev–Trinajstić information content (AvgIpc) is 2.68. The zero-order valence-electron chi connectivity index (χ0n) is 16.3. The number of fused-ring (bicyclic) bond motifs is 1. The molecule has 0 fully saturated rings. The molecule has 0 aliphatic carbocycles. The van der Waals surface area contributed by atoms with Crippen molar-refractivity contribution in [1.29, 1.82) is 0 Å². The van der Waals surface area contributed by atoms with Crippen molar-refractivity contribution in [3.05, 3.63) is 60.2 Å². The molecule has 28 heavy (non-hydrogen) atoms. The number of carbonyl (C=O) groups is 1. The van der Waals surface area contributed by atoms with E-state index in [1.54, 1.807) is 0 Å². The third-order valence-electron chi connectivity index (χ3n) is 4.17. The number of carbonyl (C=O) groups excluding carboxylic acids is 1. The van der Waals surface area contributed by atoms with Crippen molar-refractivity contribution in [2.75, 3.05) is 6.54 Å². The van der Waals surface area contributed by atoms with Gasteiger partial charge >= 0.3 is 0 Å². The third-order valence-corrected chi connectivity index (χ3v) is 4.17. The fourth-order valence-electron chi connectivity index (χ4n) is 2.81. The predicted molar refractivity (Wildman–Crippen MR) is 110 cm³/mol. The maximum atomic E-state index is 11.5. The van der Waals surface area contributed by atoms with Gasteiger partial charge in [-0.2, -0.15) is 0 Å². The summed E-state index contributed by atoms with van der Waals surface area (Å²) in [5.41, 5.74) is 7.16. The highest BCUT2D eigenvalue weighted by atomic mass is 16.5. The highest BCUT2D eigenvalue weighted by Crippen LogP contribution is 2.26. The summed E-state index contributed by atoms with van der Waals surface area (Å²) in [6.07, 6.45) is 0.130. The summed E-state index contributed by atoms with van der Waals surface area (Å²) >= 11 is 0. The summed E-state index contributed by atoms with van der Waals surface area (Å²) in [4.78, 5) is 16.0. The molecule has 1 unspecified atom stereocenters. The third kappa shape index (κ3) is 4.98. The lowest BCUT2D eigenvalue weighted by molar-refractivity contribution is -0.120. The molecule has 0 aliphatic heterocycles. The molecule has 146 valence electrons. The Morgan fingerprint density at radius 1 is 1.04 bits per heavy atom. The van der Waals surface area contributed by atoms with Gasteiger partial charge in [0.25, 0.3) is 0 Å². The van der Waals surface area contributed by atoms with Crippen LogP contribution in [0.4, 0.5) is 0 Å². The van der Waals surface area contributed by atoms with Gasteiger partial charge in [0, 0.05) is 11.5 Å². The number of rotatable bonds is 7. The van der Waals surface area contributed by atoms with Crippen molar-refractivity contribution < 1.29 is 14.3 Å². The van der Waals surface area contributed by atoms with E-state index in [1.165, 1.54) is 0 Å². The number of hydrogen-bond donors (Lipinski definition) is 2. The lowest BCUT2D eigenvalue weighted by Gasteiger charge is -2.14. The molecule has 1 heterocycles. The van der Waals surface area contributed by atoms with Gasteiger partial charge in [0.1, 0.15) is 11.5 Å². The number of pyridine rings is 1. The van der Waals surface area contributed by atoms with E-state index in [9.17, 15) is 4.79 Å². The maximum absolute atomic E-state index is 11.5. The smallest absolute Gasteiger partial charge is 0.234 e. The Balaban J connectivity index is 1.73. The van der Waals surface area contributed by atoms with Crippen LogP contribution in [-0.4, -0.2) is 23.5 Å². The number of nitrogens with zero attached hydrogens (tertiary/aromatic N) is 1. The molecule has 0 aliphatic rings. The zero-order chi connectivity index (χ0) is 20.1. The first kappa shape index (κ1) is 19.6. The summed E-state index contributed by atoms with van der Waals surface area (Å²) < 4.78 is 11.5. The number of nitrogens with two attached hydrogens (primary N) is 1. The second kappa shape index (κ2) is 8.71. The number of ether oxygens (including phenoxy) is 2. The van der Waals surface area contributed by atoms with Crippen LogP contribution in [0.2, 0.25) is 0 Å². The van der Waals surface area contributed by atoms with Gasteiger partial charge in [0.15, 0.2) is 0 Å². The van der Waals surface area contributed by atoms with Gasteiger partial charge < -0.3 is 20.5 Å². The molecular formula is C22H25N3O3. The Morgan fingerprint density at radius 2 is 1.75 bits per heavy atom. The molecule has 0 saturated heterocycles. The van der Waals surface area contributed by atoms with Crippen molar-refractivity contribution in [2.45, 2.75) is 32.9 Å². The van der Waals surface area contributed by atoms with Crippen LogP contribution >= 0.6 is 0 Å². The van der Waals surface area contributed by atoms with E-state index < -0.39 is 0 Å². The average molecular weight is 379 g/mol. The second-order valence-corrected chi connectivity index (χ2v) is 6.84. The van der Waals surface area contributed by atoms with Crippen molar-refractivity contribution in [3.63, 3.8) is 0 Å². The Morgan fingerprint density at radius 3 is 2.43 bits per heavy atom. The van der Waals surface area contributed by atoms with Crippen molar-refractivity contribution >= 4 is 16.8 Å². The molecule has 3 aromatic rings. The summed E-state index contributed by atoms with van der Waals surface area (Å²) in [6, 6.07) is 17.0. The molecular weight excluding hydrogens is 354 g/mol. The van der Waals surface area contributed by atoms with Crippen LogP contribution in [0.15, 0.2) is 54.6 Å². The monoisotopic (exact) mass is 379 g/mol. The lowest BCUT2D eigenvalue weighted by Crippen LogP contribution is -2.32. The van der Waals surface area contributed by atoms with E-state index in [2.05, 4.69) is 10.3 Å². The Hall–Kier alpha value is -3.12. The minimum absolute atomic E-state index is 0.0231. The van der Waals surface area contributed by atoms with E-state index in [0.29, 0.717) is 11.6 Å². The summed E-state index contributed by atoms with van der Waals surface area (Å²) in [5.74, 6) is 1.83. The van der Waals surface area contributed by atoms with Crippen LogP contribution in [0, 0.1) is 0 Å². The molecule has 2 aromatic carbocycles. The quantitative estimate of drug-likeness (QED) is 0.649. The van der Waals surface area contributed by atoms with Gasteiger partial charge in [-0.3, -0.25) is 4.79 Å². The fraction of sp³-hybridized carbons (Fsp3) is 0.273. The summed E-state index contributed by atoms with van der Waals surface area (Å²) in [6.45, 7) is 5.88. The van der Waals surface area contributed by atoms with Crippen LogP contribution < -0.4 is 20.5 Å². The Bertz CT molecular complexity index is 955. The molecule has 0 saturated carbocycles. The van der Waals surface area contributed by atoms with Crippen LogP contribution in [0.25, 0.3) is 10.9 Å². The molecule has 0 radical (unpaired) electrons. The predicted octanol–water partition coefficient (Wildman–Crippen LogP) is 3.95. The number of amides is 1. The molecule has 6 nitrogen and oxygen atoms in total. The first-order chi connectivity index (χ1) is 13.4. The summed E-state index contributed by atoms with van der Waals surface area (Å²) in [5, 5.41) is 3.82. The highest BCUT2D eigenvalue weighted by molar-refractivity contribution is 5.81. The standard InChI is InChI=1S/C22H25N3O3/c1-14(2)27-18-6-8-19(9-7-18)28-22-11-5-17-12-16(4-10-20(17)25-22)15(3)24-21(26)13-23/h4-12,14-15H,13,23H2,1-3H3,(H,24,26). The molecule has 6 heteroatoms. The van der Waals surface area contributed by atoms with Crippen LogP contribution in [0.3, 0.4) is 0 Å². The summed E-state index contributed by atoms with van der Waals surface area (Å²) in [7, 11) is 0. The number of hydrogen-bond acceptors (Lipinski definition) is 5. The van der Waals surface area contributed by atoms with Crippen LogP contribution in [0.1, 0.15) is 32.4 Å². The van der Waals surface area contributed by atoms with Crippen molar-refractivity contribution in [3.8, 4) is 17.4 Å². The molecule has 0 spiro atoms. The molecule has 0 bridgehead atoms. The van der Waals surface area contributed by atoms with E-state index in [0.717, 1.165) is 22.2 Å². The minimum atomic E-state index is -0.181. The molecule has 1 atom stereocenters. The SMILES string of the molecule is CC(C)Oc1ccc(Oc2ccc3cc(C(C)NC(=O)CN)ccc3n2)cc1. The normalized spacial score (nSPS) is 12.0. The van der Waals surface area contributed by atoms with E-state index in [1.807, 2.05) is 75.4 Å². The van der Waals surface area contributed by atoms with Gasteiger partial charge in [0.2, 0.25) is 11.8 Å². The van der Waals surface area contributed by atoms with Gasteiger partial charge in [0.05, 0.1) is 24.2 Å². The minimum Gasteiger partial charge on any atom is -0.491 e. The molecule has 1 aromatic heterocycles. The first-order valence-corrected chi connectivity index (χ1v) is 9.29. The van der Waals surface area contributed by atoms with E-state index in [4.69, 9.17) is 15.2 Å². The van der Waals surface area contributed by atoms with Gasteiger partial charge in [-0.05, 0) is 68.8 Å². The number of benzene rings is 2.